The van der Waals surface area contributed by atoms with Gasteiger partial charge in [0.15, 0.2) is 29.9 Å². The first-order chi connectivity index (χ1) is 54.8. The highest BCUT2D eigenvalue weighted by atomic mass is 79.9. The molecule has 0 saturated heterocycles. The Morgan fingerprint density at radius 2 is 1.14 bits per heavy atom. The van der Waals surface area contributed by atoms with Gasteiger partial charge in [0.2, 0.25) is 17.6 Å². The van der Waals surface area contributed by atoms with E-state index in [4.69, 9.17) is 58.8 Å². The third-order valence-electron chi connectivity index (χ3n) is 17.1. The van der Waals surface area contributed by atoms with Crippen LogP contribution >= 0.6 is 31.9 Å². The maximum absolute atomic E-state index is 13.3. The number of aromatic amines is 2. The van der Waals surface area contributed by atoms with E-state index in [-0.39, 0.29) is 12.3 Å². The molecule has 39 heteroatoms. The van der Waals surface area contributed by atoms with Crippen LogP contribution < -0.4 is 30.9 Å². The highest BCUT2D eigenvalue weighted by molar-refractivity contribution is 9.11. The number of nitrogens with two attached hydrogens (primary N) is 1. The van der Waals surface area contributed by atoms with Crippen molar-refractivity contribution in [2.24, 2.45) is 42.0 Å². The number of hydrogen-bond acceptors (Lipinski definition) is 23. The van der Waals surface area contributed by atoms with Crippen LogP contribution in [-0.2, 0) is 62.3 Å². The number of aryl methyl sites for hydroxylation is 7. The molecular weight excluding hydrogens is 1640 g/mol. The quantitative estimate of drug-likeness (QED) is 0.0147. The Morgan fingerprint density at radius 1 is 0.626 bits per heavy atom. The number of hydrogen-bond donors (Lipinski definition) is 6. The number of imidazole rings is 2. The summed E-state index contributed by atoms with van der Waals surface area (Å²) in [4.78, 5) is 78.0. The van der Waals surface area contributed by atoms with Crippen molar-refractivity contribution in [1.82, 2.24) is 84.1 Å². The van der Waals surface area contributed by atoms with Crippen LogP contribution in [0.5, 0.6) is 17.6 Å². The van der Waals surface area contributed by atoms with E-state index >= 15 is 0 Å². The van der Waals surface area contributed by atoms with Crippen molar-refractivity contribution >= 4 is 100.0 Å². The third-order valence-corrected chi connectivity index (χ3v) is 18.3. The Bertz CT molecular complexity index is 5530. The Balaban J connectivity index is 0.000000170. The number of rotatable bonds is 14. The van der Waals surface area contributed by atoms with Gasteiger partial charge in [0.25, 0.3) is 6.47 Å². The summed E-state index contributed by atoms with van der Waals surface area (Å²) >= 11 is 6.65. The molecule has 0 radical (unpaired) electrons. The molecule has 0 fully saturated rings. The largest absolute Gasteiger partial charge is 0.483 e. The molecule has 0 saturated carbocycles. The van der Waals surface area contributed by atoms with E-state index in [1.54, 1.807) is 110 Å². The molecule has 0 bridgehead atoms. The van der Waals surface area contributed by atoms with E-state index < -0.39 is 60.2 Å². The molecule has 5 unspecified atom stereocenters. The summed E-state index contributed by atoms with van der Waals surface area (Å²) in [5.74, 6) is 1.95. The van der Waals surface area contributed by atoms with E-state index in [0.29, 0.717) is 89.7 Å². The number of H-pyrrole nitrogens is 2. The zero-order chi connectivity index (χ0) is 83.6. The van der Waals surface area contributed by atoms with E-state index in [1.165, 1.54) is 57.4 Å². The molecule has 7 N–H and O–H groups in total. The topological polar surface area (TPSA) is 366 Å². The minimum atomic E-state index is -4.50. The maximum Gasteiger partial charge on any atom is 0.417 e. The van der Waals surface area contributed by atoms with Gasteiger partial charge in [0, 0.05) is 136 Å². The minimum absolute atomic E-state index is 0.133. The van der Waals surface area contributed by atoms with Gasteiger partial charge in [-0.25, -0.2) is 55.8 Å². The third kappa shape index (κ3) is 22.1. The van der Waals surface area contributed by atoms with Gasteiger partial charge in [-0.3, -0.25) is 24.5 Å². The predicted molar refractivity (Wildman–Crippen MR) is 424 cm³/mol. The molecule has 0 aliphatic carbocycles. The molecule has 115 heavy (non-hydrogen) atoms. The average molecular weight is 1720 g/mol. The van der Waals surface area contributed by atoms with Crippen molar-refractivity contribution in [3.8, 4) is 23.3 Å². The number of amidine groups is 3. The van der Waals surface area contributed by atoms with Crippen LogP contribution in [0.4, 0.5) is 26.3 Å². The summed E-state index contributed by atoms with van der Waals surface area (Å²) in [5.41, 5.74) is 20.2. The Morgan fingerprint density at radius 3 is 1.63 bits per heavy atom. The van der Waals surface area contributed by atoms with Gasteiger partial charge in [0.1, 0.15) is 69.6 Å². The highest BCUT2D eigenvalue weighted by Crippen LogP contribution is 2.39. The number of hydroxylamine groups is 2. The second-order valence-electron chi connectivity index (χ2n) is 25.5. The van der Waals surface area contributed by atoms with Crippen LogP contribution in [0.2, 0.25) is 0 Å². The van der Waals surface area contributed by atoms with Crippen molar-refractivity contribution in [3.05, 3.63) is 218 Å². The summed E-state index contributed by atoms with van der Waals surface area (Å²) in [6.45, 7) is 13.0. The number of nitrogens with zero attached hydrogens (tertiary/aromatic N) is 16. The Kier molecular flexibility index (Phi) is 29.7. The number of alkyl halides is 6. The highest BCUT2D eigenvalue weighted by Gasteiger charge is 2.36. The van der Waals surface area contributed by atoms with Crippen molar-refractivity contribution < 1.29 is 74.4 Å². The van der Waals surface area contributed by atoms with Crippen LogP contribution in [0.25, 0.3) is 49.8 Å². The number of oxime groups is 1. The molecule has 0 aromatic carbocycles. The lowest BCUT2D eigenvalue weighted by atomic mass is 10.0. The maximum atomic E-state index is 13.3. The van der Waals surface area contributed by atoms with Gasteiger partial charge in [-0.15, -0.1) is 0 Å². The molecule has 0 amide bonds. The molecule has 2 aliphatic heterocycles. The molecule has 13 aromatic heterocycles. The van der Waals surface area contributed by atoms with Gasteiger partial charge in [-0.05, 0) is 164 Å². The second kappa shape index (κ2) is 39.2. The Hall–Kier alpha value is -11.9. The summed E-state index contributed by atoms with van der Waals surface area (Å²) in [6, 6.07) is 19.9. The fourth-order valence-corrected chi connectivity index (χ4v) is 12.2. The normalized spacial score (nSPS) is 15.5. The fraction of sp³-hybridized carbons (Fsp3) is 0.303. The van der Waals surface area contributed by atoms with E-state index in [1.807, 2.05) is 75.5 Å². The van der Waals surface area contributed by atoms with Crippen molar-refractivity contribution in [3.63, 3.8) is 0 Å². The van der Waals surface area contributed by atoms with Crippen LogP contribution in [0, 0.1) is 27.7 Å². The zero-order valence-electron chi connectivity index (χ0n) is 64.8. The first-order valence-corrected chi connectivity index (χ1v) is 36.3. The number of nitrogens with one attached hydrogen (secondary N) is 4. The molecule has 0 spiro atoms. The number of fused-ring (bicyclic) bond motifs is 4. The lowest BCUT2D eigenvalue weighted by Crippen LogP contribution is -2.38. The SMILES string of the molecule is COc1nc(/C(N)=N/OC(C)C(OC)OC)ccc1Br.COc1nc(C2=NC(c3cn(C)c4ncc(C(F)(F)F)cc34)C(C)ON2)ccc1-n1cnc(C)c1.COc1nc(C2=NC(c3cn(C)c4ncc(C(F)(F)F)cc34)C(C)ON2)ccc1Br.Cc1cnc2[nH]ccc2c1.Cc1cnc2c(ccn2C)c1.Cc1cnc[nH]1.O=CO. The number of carboxylic acid groups (broad SMARTS) is 1. The fourth-order valence-electron chi connectivity index (χ4n) is 11.4. The smallest absolute Gasteiger partial charge is 0.417 e. The number of halogens is 8. The van der Waals surface area contributed by atoms with Gasteiger partial charge in [-0.2, -0.15) is 26.3 Å². The van der Waals surface area contributed by atoms with Crippen molar-refractivity contribution in [2.75, 3.05) is 35.5 Å². The van der Waals surface area contributed by atoms with Crippen molar-refractivity contribution in [2.45, 2.75) is 97.5 Å². The van der Waals surface area contributed by atoms with Crippen LogP contribution in [0.1, 0.15) is 94.7 Å². The summed E-state index contributed by atoms with van der Waals surface area (Å²) in [7, 11) is 13.0. The molecule has 608 valence electrons. The van der Waals surface area contributed by atoms with Crippen molar-refractivity contribution in [1.29, 1.82) is 0 Å². The van der Waals surface area contributed by atoms with Crippen LogP contribution in [0.3, 0.4) is 0 Å². The molecule has 5 atom stereocenters. The minimum Gasteiger partial charge on any atom is -0.483 e. The van der Waals surface area contributed by atoms with E-state index in [2.05, 4.69) is 133 Å². The molecule has 15 rings (SSSR count). The first kappa shape index (κ1) is 87.1. The lowest BCUT2D eigenvalue weighted by Gasteiger charge is -2.27. The van der Waals surface area contributed by atoms with Gasteiger partial charge in [-0.1, -0.05) is 5.16 Å². The standard InChI is InChI=1S/C23H22F3N7O2.C19H17BrF3N5O2.C12H18BrN3O4.C9H10N2.C8H8N2.C4H6N2.CH2O2/c1-12-9-33(11-28-12)18-6-5-17(29-22(18)34-4)20-30-19(13(2)35-31-20)16-10-32(3)21-15(16)7-14(8-27-21)23(24,25)26;1-9-15(26-16(27-30-9)14-5-4-13(20)18(25-14)29-3)12-8-28(2)17-11(12)6-10(7-24-17)19(21,22)23;1-7(12(18-3)19-4)20-16-10(14)9-6-5-8(13)11(15-9)17-2;1-7-5-8-3-4-11(2)9(8)10-6-7;1-6-4-7-2-3-9-8(7)10-5-6;1-4-2-5-3-6-4;2-1-3/h5-11,13,19H,1-4H3,(H,30,31);4-9,15H,1-3H3,(H,26,27);5-7,12H,1-4H3,(H2,14,16);3-6H,1-2H3;2-5H,1H3,(H,9,10);2-3H,1H3,(H,5,6);1H,(H,2,3). The summed E-state index contributed by atoms with van der Waals surface area (Å²) in [6.07, 6.45) is 8.91. The number of ether oxygens (including phenoxy) is 5. The molecular formula is C76H83Br2F6N21O10. The Labute approximate surface area is 671 Å². The molecule has 2 aliphatic rings. The van der Waals surface area contributed by atoms with E-state index in [0.717, 1.165) is 51.7 Å². The number of aliphatic imine (C=N–C) groups is 2. The number of aromatic nitrogens is 15. The van der Waals surface area contributed by atoms with Gasteiger partial charge in [0.05, 0.1) is 59.8 Å². The zero-order valence-corrected chi connectivity index (χ0v) is 67.9. The molecule has 31 nitrogen and oxygen atoms in total. The van der Waals surface area contributed by atoms with Gasteiger partial charge >= 0.3 is 12.4 Å². The molecule has 13 aromatic rings. The molecule has 15 heterocycles. The summed E-state index contributed by atoms with van der Waals surface area (Å²) in [5, 5.41) is 13.8. The number of pyridine rings is 7. The summed E-state index contributed by atoms with van der Waals surface area (Å²) < 4.78 is 114. The first-order valence-electron chi connectivity index (χ1n) is 34.7. The van der Waals surface area contributed by atoms with Gasteiger partial charge < -0.3 is 67.6 Å². The van der Waals surface area contributed by atoms with E-state index in [9.17, 15) is 26.3 Å². The number of carbonyl (C=O) groups is 1. The lowest BCUT2D eigenvalue weighted by molar-refractivity contribution is -0.175. The van der Waals surface area contributed by atoms with Crippen LogP contribution in [0.15, 0.2) is 172 Å². The second-order valence-corrected chi connectivity index (χ2v) is 27.2. The predicted octanol–water partition coefficient (Wildman–Crippen LogP) is 13.7. The average Bonchev–Trinajstić information content (AvgIpc) is 1.65. The monoisotopic (exact) mass is 1720 g/mol. The van der Waals surface area contributed by atoms with Crippen LogP contribution in [-0.4, -0.2) is 162 Å². The number of methoxy groups -OCH3 is 5.